The van der Waals surface area contributed by atoms with E-state index in [1.807, 2.05) is 0 Å². The van der Waals surface area contributed by atoms with Gasteiger partial charge in [-0.1, -0.05) is 0 Å². The topological polar surface area (TPSA) is 6.48 Å². The summed E-state index contributed by atoms with van der Waals surface area (Å²) in [5.41, 5.74) is 0. The molecule has 42 valence electrons. The Bertz CT molecular complexity index is 64.5. The highest BCUT2D eigenvalue weighted by Gasteiger charge is 2.24. The molecular formula is C5H12N2. The molecule has 2 heteroatoms. The van der Waals surface area contributed by atoms with Gasteiger partial charge in [0, 0.05) is 0 Å². The third kappa shape index (κ3) is 0.640. The van der Waals surface area contributed by atoms with Crippen LogP contribution in [0.4, 0.5) is 0 Å². The van der Waals surface area contributed by atoms with E-state index in [4.69, 9.17) is 0 Å². The predicted molar refractivity (Wildman–Crippen MR) is 29.9 cm³/mol. The molecule has 0 unspecified atom stereocenters. The SMILES string of the molecule is CC1N(C)CN1C. The third-order valence-electron chi connectivity index (χ3n) is 1.72. The molecule has 0 bridgehead atoms. The van der Waals surface area contributed by atoms with Crippen molar-refractivity contribution in [1.29, 1.82) is 0 Å². The van der Waals surface area contributed by atoms with Gasteiger partial charge in [-0.25, -0.2) is 0 Å². The maximum Gasteiger partial charge on any atom is 0.0610 e. The molecule has 1 saturated heterocycles. The van der Waals surface area contributed by atoms with Gasteiger partial charge in [-0.15, -0.1) is 0 Å². The third-order valence-corrected chi connectivity index (χ3v) is 1.72. The highest BCUT2D eigenvalue weighted by molar-refractivity contribution is 4.70. The zero-order valence-corrected chi connectivity index (χ0v) is 5.18. The number of hydrogen-bond acceptors (Lipinski definition) is 2. The Morgan fingerprint density at radius 2 is 1.71 bits per heavy atom. The summed E-state index contributed by atoms with van der Waals surface area (Å²) in [6, 6.07) is 0. The highest BCUT2D eigenvalue weighted by atomic mass is 15.5. The molecule has 7 heavy (non-hydrogen) atoms. The van der Waals surface area contributed by atoms with Gasteiger partial charge < -0.3 is 0 Å². The summed E-state index contributed by atoms with van der Waals surface area (Å²) in [4.78, 5) is 4.58. The second kappa shape index (κ2) is 1.46. The van der Waals surface area contributed by atoms with Crippen molar-refractivity contribution in [3.8, 4) is 0 Å². The average molecular weight is 100 g/mol. The maximum absolute atomic E-state index is 2.29. The Balaban J connectivity index is 2.29. The Kier molecular flexibility index (Phi) is 1.05. The van der Waals surface area contributed by atoms with Crippen molar-refractivity contribution in [2.45, 2.75) is 13.1 Å². The lowest BCUT2D eigenvalue weighted by molar-refractivity contribution is -0.0590. The van der Waals surface area contributed by atoms with Crippen LogP contribution in [-0.2, 0) is 0 Å². The van der Waals surface area contributed by atoms with Gasteiger partial charge in [0.05, 0.1) is 12.8 Å². The molecule has 0 spiro atoms. The van der Waals surface area contributed by atoms with E-state index in [1.54, 1.807) is 0 Å². The van der Waals surface area contributed by atoms with Crippen molar-refractivity contribution >= 4 is 0 Å². The summed E-state index contributed by atoms with van der Waals surface area (Å²) in [5.74, 6) is 0. The van der Waals surface area contributed by atoms with Crippen LogP contribution in [0.15, 0.2) is 0 Å². The first-order chi connectivity index (χ1) is 3.22. The minimum atomic E-state index is 0.667. The summed E-state index contributed by atoms with van der Waals surface area (Å²) in [6.07, 6.45) is 0.667. The van der Waals surface area contributed by atoms with E-state index >= 15 is 0 Å². The van der Waals surface area contributed by atoms with E-state index in [-0.39, 0.29) is 0 Å². The van der Waals surface area contributed by atoms with Gasteiger partial charge in [-0.2, -0.15) is 0 Å². The van der Waals surface area contributed by atoms with Crippen LogP contribution in [0, 0.1) is 0 Å². The van der Waals surface area contributed by atoms with Crippen molar-refractivity contribution < 1.29 is 0 Å². The fraction of sp³-hybridized carbons (Fsp3) is 1.00. The molecule has 0 aromatic rings. The van der Waals surface area contributed by atoms with Gasteiger partial charge in [0.1, 0.15) is 0 Å². The molecule has 1 fully saturated rings. The zero-order chi connectivity index (χ0) is 5.44. The van der Waals surface area contributed by atoms with Gasteiger partial charge in [-0.05, 0) is 21.0 Å². The first-order valence-corrected chi connectivity index (χ1v) is 2.62. The van der Waals surface area contributed by atoms with E-state index in [9.17, 15) is 0 Å². The first kappa shape index (κ1) is 5.06. The van der Waals surface area contributed by atoms with Crippen LogP contribution in [-0.4, -0.2) is 36.7 Å². The van der Waals surface area contributed by atoms with E-state index in [2.05, 4.69) is 30.8 Å². The highest BCUT2D eigenvalue weighted by Crippen LogP contribution is 2.10. The standard InChI is InChI=1S/C5H12N2/c1-5-6(2)4-7(5)3/h5H,4H2,1-3H3. The van der Waals surface area contributed by atoms with Crippen LogP contribution in [0.25, 0.3) is 0 Å². The molecule has 1 aliphatic heterocycles. The van der Waals surface area contributed by atoms with E-state index in [0.717, 1.165) is 6.67 Å². The fourth-order valence-electron chi connectivity index (χ4n) is 0.828. The van der Waals surface area contributed by atoms with Crippen LogP contribution < -0.4 is 0 Å². The number of hydrogen-bond donors (Lipinski definition) is 0. The largest absolute Gasteiger partial charge is 0.278 e. The van der Waals surface area contributed by atoms with Gasteiger partial charge in [-0.3, -0.25) is 9.80 Å². The zero-order valence-electron chi connectivity index (χ0n) is 5.18. The Morgan fingerprint density at radius 1 is 1.29 bits per heavy atom. The van der Waals surface area contributed by atoms with Crippen LogP contribution in [0.5, 0.6) is 0 Å². The van der Waals surface area contributed by atoms with Crippen LogP contribution in [0.2, 0.25) is 0 Å². The normalized spacial score (nSPS) is 27.9. The molecule has 0 saturated carbocycles. The summed E-state index contributed by atoms with van der Waals surface area (Å²) in [6.45, 7) is 3.32. The van der Waals surface area contributed by atoms with E-state index in [1.165, 1.54) is 0 Å². The molecule has 1 rings (SSSR count). The molecule has 1 aliphatic rings. The fourth-order valence-corrected chi connectivity index (χ4v) is 0.828. The molecule has 0 radical (unpaired) electrons. The van der Waals surface area contributed by atoms with Crippen LogP contribution in [0.1, 0.15) is 6.92 Å². The molecule has 0 N–H and O–H groups in total. The summed E-state index contributed by atoms with van der Waals surface area (Å²) in [7, 11) is 4.26. The van der Waals surface area contributed by atoms with Gasteiger partial charge in [0.15, 0.2) is 0 Å². The lowest BCUT2D eigenvalue weighted by Gasteiger charge is -2.44. The molecule has 0 aliphatic carbocycles. The number of nitrogens with zero attached hydrogens (tertiary/aromatic N) is 2. The van der Waals surface area contributed by atoms with Crippen molar-refractivity contribution in [2.75, 3.05) is 20.8 Å². The van der Waals surface area contributed by atoms with Gasteiger partial charge in [0.2, 0.25) is 0 Å². The maximum atomic E-state index is 2.29. The molecule has 1 heterocycles. The molecule has 0 aromatic heterocycles. The van der Waals surface area contributed by atoms with Crippen LogP contribution in [0.3, 0.4) is 0 Å². The van der Waals surface area contributed by atoms with Gasteiger partial charge in [0.25, 0.3) is 0 Å². The lowest BCUT2D eigenvalue weighted by atomic mass is 10.3. The number of rotatable bonds is 0. The summed E-state index contributed by atoms with van der Waals surface area (Å²) < 4.78 is 0. The predicted octanol–water partition coefficient (Wildman–Crippen LogP) is 0.167. The second-order valence-corrected chi connectivity index (χ2v) is 2.29. The monoisotopic (exact) mass is 100 g/mol. The Morgan fingerprint density at radius 3 is 1.71 bits per heavy atom. The quantitative estimate of drug-likeness (QED) is 0.428. The van der Waals surface area contributed by atoms with Crippen molar-refractivity contribution in [3.63, 3.8) is 0 Å². The Hall–Kier alpha value is -0.0800. The summed E-state index contributed by atoms with van der Waals surface area (Å²) >= 11 is 0. The molecule has 2 nitrogen and oxygen atoms in total. The molecule has 0 amide bonds. The molecule has 0 atom stereocenters. The average Bonchev–Trinajstić information content (AvgIpc) is 1.68. The van der Waals surface area contributed by atoms with E-state index in [0.29, 0.717) is 6.17 Å². The van der Waals surface area contributed by atoms with Gasteiger partial charge >= 0.3 is 0 Å². The van der Waals surface area contributed by atoms with Crippen molar-refractivity contribution in [1.82, 2.24) is 9.80 Å². The van der Waals surface area contributed by atoms with Crippen molar-refractivity contribution in [3.05, 3.63) is 0 Å². The smallest absolute Gasteiger partial charge is 0.0610 e. The second-order valence-electron chi connectivity index (χ2n) is 2.29. The van der Waals surface area contributed by atoms with Crippen LogP contribution >= 0.6 is 0 Å². The lowest BCUT2D eigenvalue weighted by Crippen LogP contribution is -2.58. The van der Waals surface area contributed by atoms with E-state index < -0.39 is 0 Å². The minimum absolute atomic E-state index is 0.667. The molecular weight excluding hydrogens is 88.1 g/mol. The Labute approximate surface area is 44.7 Å². The minimum Gasteiger partial charge on any atom is -0.278 e. The first-order valence-electron chi connectivity index (χ1n) is 2.62. The van der Waals surface area contributed by atoms with Crippen molar-refractivity contribution in [2.24, 2.45) is 0 Å². The summed E-state index contributed by atoms with van der Waals surface area (Å²) in [5, 5.41) is 0. The molecule has 0 aromatic carbocycles.